The lowest BCUT2D eigenvalue weighted by molar-refractivity contribution is 0.0893. The molecule has 0 spiro atoms. The van der Waals surface area contributed by atoms with Crippen LogP contribution in [0.15, 0.2) is 5.38 Å². The van der Waals surface area contributed by atoms with Crippen LogP contribution in [0.25, 0.3) is 0 Å². The van der Waals surface area contributed by atoms with Gasteiger partial charge < -0.3 is 5.32 Å². The molecule has 0 unspecified atom stereocenters. The number of aryl methyl sites for hydroxylation is 1. The molecule has 2 aliphatic rings. The Labute approximate surface area is 134 Å². The molecule has 0 bridgehead atoms. The Kier molecular flexibility index (Phi) is 4.52. The second-order valence-corrected chi connectivity index (χ2v) is 9.38. The number of nitrogens with zero attached hydrogens (tertiary/aromatic N) is 2. The van der Waals surface area contributed by atoms with Gasteiger partial charge in [-0.3, -0.25) is 9.69 Å². The summed E-state index contributed by atoms with van der Waals surface area (Å²) in [5, 5.41) is 5.71. The molecular formula is C14H21N3O3S2. The van der Waals surface area contributed by atoms with Crippen molar-refractivity contribution in [3.8, 4) is 0 Å². The highest BCUT2D eigenvalue weighted by Gasteiger charge is 2.34. The van der Waals surface area contributed by atoms with Gasteiger partial charge in [-0.1, -0.05) is 0 Å². The number of hydrogen-bond acceptors (Lipinski definition) is 6. The number of nitrogens with one attached hydrogen (secondary N) is 1. The van der Waals surface area contributed by atoms with Crippen LogP contribution in [0.3, 0.4) is 0 Å². The zero-order valence-corrected chi connectivity index (χ0v) is 14.3. The van der Waals surface area contributed by atoms with Crippen LogP contribution in [-0.2, 0) is 9.84 Å². The molecule has 1 atom stereocenters. The summed E-state index contributed by atoms with van der Waals surface area (Å²) in [4.78, 5) is 18.6. The summed E-state index contributed by atoms with van der Waals surface area (Å²) in [6.07, 6.45) is 2.48. The van der Waals surface area contributed by atoms with E-state index >= 15 is 0 Å². The van der Waals surface area contributed by atoms with Crippen LogP contribution >= 0.6 is 11.3 Å². The number of carbonyl (C=O) groups is 1. The van der Waals surface area contributed by atoms with E-state index in [1.165, 1.54) is 11.3 Å². The van der Waals surface area contributed by atoms with E-state index in [2.05, 4.69) is 15.2 Å². The maximum absolute atomic E-state index is 12.1. The first-order chi connectivity index (χ1) is 10.4. The van der Waals surface area contributed by atoms with Gasteiger partial charge in [0.05, 0.1) is 16.5 Å². The highest BCUT2D eigenvalue weighted by molar-refractivity contribution is 7.91. The van der Waals surface area contributed by atoms with Gasteiger partial charge in [0.1, 0.15) is 5.69 Å². The van der Waals surface area contributed by atoms with Crippen LogP contribution in [0, 0.1) is 6.92 Å². The van der Waals surface area contributed by atoms with E-state index in [4.69, 9.17) is 0 Å². The molecule has 1 amide bonds. The maximum atomic E-state index is 12.1. The van der Waals surface area contributed by atoms with Crippen LogP contribution in [0.5, 0.6) is 0 Å². The number of aromatic nitrogens is 1. The number of thiazole rings is 1. The normalized spacial score (nSPS) is 26.1. The lowest BCUT2D eigenvalue weighted by Crippen LogP contribution is -2.48. The van der Waals surface area contributed by atoms with E-state index < -0.39 is 9.84 Å². The zero-order chi connectivity index (χ0) is 15.7. The van der Waals surface area contributed by atoms with Gasteiger partial charge in [0.2, 0.25) is 0 Å². The van der Waals surface area contributed by atoms with Crippen molar-refractivity contribution in [2.45, 2.75) is 38.3 Å². The minimum atomic E-state index is -2.83. The van der Waals surface area contributed by atoms with Crippen molar-refractivity contribution in [1.82, 2.24) is 15.2 Å². The first-order valence-electron chi connectivity index (χ1n) is 7.60. The minimum Gasteiger partial charge on any atom is -0.348 e. The van der Waals surface area contributed by atoms with Crippen LogP contribution in [-0.4, -0.2) is 60.9 Å². The average molecular weight is 343 g/mol. The van der Waals surface area contributed by atoms with Crippen molar-refractivity contribution < 1.29 is 13.2 Å². The maximum Gasteiger partial charge on any atom is 0.270 e. The molecule has 2 saturated heterocycles. The van der Waals surface area contributed by atoms with Crippen molar-refractivity contribution in [2.75, 3.05) is 24.6 Å². The topological polar surface area (TPSA) is 79.4 Å². The molecule has 3 rings (SSSR count). The third-order valence-corrected chi connectivity index (χ3v) is 6.97. The molecule has 6 nitrogen and oxygen atoms in total. The Morgan fingerprint density at radius 2 is 2.09 bits per heavy atom. The van der Waals surface area contributed by atoms with Crippen LogP contribution < -0.4 is 5.32 Å². The average Bonchev–Trinajstić information content (AvgIpc) is 3.05. The molecule has 22 heavy (non-hydrogen) atoms. The van der Waals surface area contributed by atoms with Crippen molar-refractivity contribution >= 4 is 27.1 Å². The van der Waals surface area contributed by atoms with Gasteiger partial charge in [0.25, 0.3) is 5.91 Å². The Bertz CT molecular complexity index is 648. The Balaban J connectivity index is 1.49. The van der Waals surface area contributed by atoms with Crippen molar-refractivity contribution in [2.24, 2.45) is 0 Å². The van der Waals surface area contributed by atoms with Crippen molar-refractivity contribution in [1.29, 1.82) is 0 Å². The van der Waals surface area contributed by atoms with E-state index in [0.29, 0.717) is 17.2 Å². The largest absolute Gasteiger partial charge is 0.348 e. The number of rotatable bonds is 3. The van der Waals surface area contributed by atoms with E-state index in [0.717, 1.165) is 37.4 Å². The van der Waals surface area contributed by atoms with Gasteiger partial charge in [0.15, 0.2) is 9.84 Å². The summed E-state index contributed by atoms with van der Waals surface area (Å²) >= 11 is 1.47. The smallest absolute Gasteiger partial charge is 0.270 e. The SMILES string of the molecule is Cc1nc(C(=O)NC2CCN([C@H]3CCS(=O)(=O)C3)CC2)cs1. The molecule has 0 radical (unpaired) electrons. The first-order valence-corrected chi connectivity index (χ1v) is 10.3. The molecule has 1 aromatic heterocycles. The van der Waals surface area contributed by atoms with Gasteiger partial charge in [-0.15, -0.1) is 11.3 Å². The molecular weight excluding hydrogens is 322 g/mol. The molecule has 0 saturated carbocycles. The molecule has 8 heteroatoms. The first kappa shape index (κ1) is 15.9. The molecule has 1 N–H and O–H groups in total. The zero-order valence-electron chi connectivity index (χ0n) is 12.6. The molecule has 0 aliphatic carbocycles. The van der Waals surface area contributed by atoms with E-state index in [1.54, 1.807) is 5.38 Å². The van der Waals surface area contributed by atoms with Crippen molar-refractivity contribution in [3.05, 3.63) is 16.1 Å². The van der Waals surface area contributed by atoms with Crippen LogP contribution in [0.2, 0.25) is 0 Å². The molecule has 1 aromatic rings. The van der Waals surface area contributed by atoms with E-state index in [1.807, 2.05) is 6.92 Å². The Morgan fingerprint density at radius 3 is 2.64 bits per heavy atom. The predicted octanol–water partition coefficient (Wildman–Crippen LogP) is 0.833. The highest BCUT2D eigenvalue weighted by Crippen LogP contribution is 2.22. The lowest BCUT2D eigenvalue weighted by Gasteiger charge is -2.35. The molecule has 3 heterocycles. The molecule has 0 aromatic carbocycles. The Hall–Kier alpha value is -0.990. The van der Waals surface area contributed by atoms with Gasteiger partial charge in [-0.2, -0.15) is 0 Å². The van der Waals surface area contributed by atoms with Crippen LogP contribution in [0.4, 0.5) is 0 Å². The second-order valence-electron chi connectivity index (χ2n) is 6.09. The third kappa shape index (κ3) is 3.67. The fourth-order valence-electron chi connectivity index (χ4n) is 3.20. The van der Waals surface area contributed by atoms with Crippen molar-refractivity contribution in [3.63, 3.8) is 0 Å². The van der Waals surface area contributed by atoms with Gasteiger partial charge >= 0.3 is 0 Å². The minimum absolute atomic E-state index is 0.105. The Morgan fingerprint density at radius 1 is 1.36 bits per heavy atom. The van der Waals surface area contributed by atoms with E-state index in [-0.39, 0.29) is 18.0 Å². The monoisotopic (exact) mass is 343 g/mol. The number of hydrogen-bond donors (Lipinski definition) is 1. The third-order valence-electron chi connectivity index (χ3n) is 4.44. The van der Waals surface area contributed by atoms with Gasteiger partial charge in [0, 0.05) is 30.6 Å². The summed E-state index contributed by atoms with van der Waals surface area (Å²) in [7, 11) is -2.83. The number of amides is 1. The number of likely N-dealkylation sites (tertiary alicyclic amines) is 1. The number of sulfone groups is 1. The summed E-state index contributed by atoms with van der Waals surface area (Å²) in [5.74, 6) is 0.505. The summed E-state index contributed by atoms with van der Waals surface area (Å²) < 4.78 is 23.1. The highest BCUT2D eigenvalue weighted by atomic mass is 32.2. The quantitative estimate of drug-likeness (QED) is 0.879. The van der Waals surface area contributed by atoms with E-state index in [9.17, 15) is 13.2 Å². The summed E-state index contributed by atoms with van der Waals surface area (Å²) in [5.41, 5.74) is 0.492. The van der Waals surface area contributed by atoms with Gasteiger partial charge in [-0.25, -0.2) is 13.4 Å². The number of carbonyl (C=O) groups excluding carboxylic acids is 1. The lowest BCUT2D eigenvalue weighted by atomic mass is 10.0. The molecule has 122 valence electrons. The molecule has 2 fully saturated rings. The second kappa shape index (κ2) is 6.25. The van der Waals surface area contributed by atoms with Gasteiger partial charge in [-0.05, 0) is 26.2 Å². The fourth-order valence-corrected chi connectivity index (χ4v) is 5.55. The fraction of sp³-hybridized carbons (Fsp3) is 0.714. The summed E-state index contributed by atoms with van der Waals surface area (Å²) in [6.45, 7) is 3.58. The molecule has 2 aliphatic heterocycles. The van der Waals surface area contributed by atoms with Crippen LogP contribution in [0.1, 0.15) is 34.8 Å². The predicted molar refractivity (Wildman–Crippen MR) is 86.0 cm³/mol. The standard InChI is InChI=1S/C14H21N3O3S2/c1-10-15-13(8-21-10)14(18)16-11-2-5-17(6-3-11)12-4-7-22(19,20)9-12/h8,11-12H,2-7,9H2,1H3,(H,16,18)/t12-/m0/s1. The number of piperidine rings is 1. The summed E-state index contributed by atoms with van der Waals surface area (Å²) in [6, 6.07) is 0.326.